The van der Waals surface area contributed by atoms with E-state index in [4.69, 9.17) is 9.47 Å². The van der Waals surface area contributed by atoms with Gasteiger partial charge >= 0.3 is 12.1 Å². The molecule has 0 saturated carbocycles. The Kier molecular flexibility index (Phi) is 7.16. The Hall–Kier alpha value is -3.80. The summed E-state index contributed by atoms with van der Waals surface area (Å²) in [6.45, 7) is 4.40. The van der Waals surface area contributed by atoms with Crippen LogP contribution in [0.3, 0.4) is 0 Å². The molecular formula is C28H29NO5. The van der Waals surface area contributed by atoms with Crippen LogP contribution in [0, 0.1) is 0 Å². The number of carboxylic acids is 1. The van der Waals surface area contributed by atoms with Gasteiger partial charge in [0.25, 0.3) is 0 Å². The first-order chi connectivity index (χ1) is 16.4. The highest BCUT2D eigenvalue weighted by atomic mass is 16.6. The molecule has 0 radical (unpaired) electrons. The number of aliphatic carboxylic acids is 1. The van der Waals surface area contributed by atoms with Crippen molar-refractivity contribution in [2.75, 3.05) is 13.2 Å². The smallest absolute Gasteiger partial charge is 0.410 e. The molecule has 0 fully saturated rings. The molecule has 0 spiro atoms. The van der Waals surface area contributed by atoms with Gasteiger partial charge in [-0.1, -0.05) is 74.5 Å². The zero-order valence-corrected chi connectivity index (χ0v) is 19.4. The van der Waals surface area contributed by atoms with E-state index in [1.807, 2.05) is 60.7 Å². The van der Waals surface area contributed by atoms with Gasteiger partial charge in [-0.2, -0.15) is 0 Å². The molecule has 4 rings (SSSR count). The fourth-order valence-corrected chi connectivity index (χ4v) is 4.31. The van der Waals surface area contributed by atoms with Gasteiger partial charge in [-0.15, -0.1) is 0 Å². The van der Waals surface area contributed by atoms with Crippen molar-refractivity contribution >= 4 is 12.1 Å². The zero-order chi connectivity index (χ0) is 24.1. The quantitative estimate of drug-likeness (QED) is 0.501. The van der Waals surface area contributed by atoms with E-state index >= 15 is 0 Å². The number of ether oxygens (including phenoxy) is 2. The molecule has 3 aromatic carbocycles. The Labute approximate surface area is 199 Å². The highest BCUT2D eigenvalue weighted by Crippen LogP contribution is 2.41. The molecule has 0 aliphatic carbocycles. The lowest BCUT2D eigenvalue weighted by Crippen LogP contribution is -2.41. The van der Waals surface area contributed by atoms with Crippen LogP contribution in [0.4, 0.5) is 4.79 Å². The van der Waals surface area contributed by atoms with E-state index in [2.05, 4.69) is 19.9 Å². The second kappa shape index (κ2) is 10.4. The van der Waals surface area contributed by atoms with Gasteiger partial charge in [0.2, 0.25) is 0 Å². The lowest BCUT2D eigenvalue weighted by atomic mass is 9.86. The third-order valence-corrected chi connectivity index (χ3v) is 6.07. The molecule has 1 aliphatic rings. The van der Waals surface area contributed by atoms with Crippen LogP contribution in [0.2, 0.25) is 0 Å². The summed E-state index contributed by atoms with van der Waals surface area (Å²) in [5, 5.41) is 9.19. The first kappa shape index (κ1) is 23.4. The van der Waals surface area contributed by atoms with E-state index in [0.29, 0.717) is 18.7 Å². The summed E-state index contributed by atoms with van der Waals surface area (Å²) in [6.07, 6.45) is 0.296. The fourth-order valence-electron chi connectivity index (χ4n) is 4.31. The molecule has 1 aliphatic heterocycles. The normalized spacial score (nSPS) is 15.0. The Bertz CT molecular complexity index is 1160. The highest BCUT2D eigenvalue weighted by Gasteiger charge is 2.35. The first-order valence-electron chi connectivity index (χ1n) is 11.5. The largest absolute Gasteiger partial charge is 0.482 e. The van der Waals surface area contributed by atoms with E-state index < -0.39 is 24.7 Å². The molecule has 1 unspecified atom stereocenters. The topological polar surface area (TPSA) is 76.1 Å². The SMILES string of the molecule is CC(C)c1ccc(OCC(=O)O)c(C2c3ccccc3CCN2C(=O)OCc2ccccc2)c1. The molecule has 176 valence electrons. The second-order valence-corrected chi connectivity index (χ2v) is 8.72. The molecule has 6 nitrogen and oxygen atoms in total. The number of carbonyl (C=O) groups is 2. The molecule has 0 bridgehead atoms. The van der Waals surface area contributed by atoms with Crippen LogP contribution in [0.5, 0.6) is 5.75 Å². The standard InChI is InChI=1S/C28H29NO5/c1-19(2)22-12-13-25(33-18-26(30)31)24(16-22)27-23-11-7-6-10-21(23)14-15-29(27)28(32)34-17-20-8-4-3-5-9-20/h3-13,16,19,27H,14-15,17-18H2,1-2H3,(H,30,31). The highest BCUT2D eigenvalue weighted by molar-refractivity contribution is 5.71. The summed E-state index contributed by atoms with van der Waals surface area (Å²) < 4.78 is 11.4. The van der Waals surface area contributed by atoms with E-state index in [9.17, 15) is 14.7 Å². The van der Waals surface area contributed by atoms with Crippen molar-refractivity contribution in [2.45, 2.75) is 38.8 Å². The van der Waals surface area contributed by atoms with Crippen LogP contribution in [0.1, 0.15) is 53.6 Å². The van der Waals surface area contributed by atoms with Crippen molar-refractivity contribution in [2.24, 2.45) is 0 Å². The number of fused-ring (bicyclic) bond motifs is 1. The van der Waals surface area contributed by atoms with Crippen LogP contribution >= 0.6 is 0 Å². The van der Waals surface area contributed by atoms with Crippen molar-refractivity contribution in [3.63, 3.8) is 0 Å². The van der Waals surface area contributed by atoms with Gasteiger partial charge in [0.15, 0.2) is 6.61 Å². The molecule has 3 aromatic rings. The number of hydrogen-bond acceptors (Lipinski definition) is 4. The van der Waals surface area contributed by atoms with Crippen molar-refractivity contribution in [1.82, 2.24) is 4.90 Å². The number of nitrogens with zero attached hydrogens (tertiary/aromatic N) is 1. The minimum Gasteiger partial charge on any atom is -0.482 e. The number of benzene rings is 3. The van der Waals surface area contributed by atoms with Crippen LogP contribution in [-0.2, 0) is 22.6 Å². The maximum Gasteiger partial charge on any atom is 0.410 e. The van der Waals surface area contributed by atoms with Gasteiger partial charge in [0.05, 0.1) is 6.04 Å². The monoisotopic (exact) mass is 459 g/mol. The number of carbonyl (C=O) groups excluding carboxylic acids is 1. The van der Waals surface area contributed by atoms with Gasteiger partial charge < -0.3 is 14.6 Å². The van der Waals surface area contributed by atoms with Crippen molar-refractivity contribution in [3.05, 3.63) is 101 Å². The van der Waals surface area contributed by atoms with Crippen molar-refractivity contribution in [3.8, 4) is 5.75 Å². The lowest BCUT2D eigenvalue weighted by Gasteiger charge is -2.37. The third-order valence-electron chi connectivity index (χ3n) is 6.07. The Morgan fingerprint density at radius 2 is 1.74 bits per heavy atom. The Balaban J connectivity index is 1.73. The number of amides is 1. The van der Waals surface area contributed by atoms with E-state index in [1.165, 1.54) is 0 Å². The predicted octanol–water partition coefficient (Wildman–Crippen LogP) is 5.56. The number of hydrogen-bond donors (Lipinski definition) is 1. The molecule has 0 saturated heterocycles. The number of rotatable bonds is 7. The molecule has 0 aromatic heterocycles. The Morgan fingerprint density at radius 1 is 1.00 bits per heavy atom. The minimum atomic E-state index is -1.05. The van der Waals surface area contributed by atoms with Crippen LogP contribution < -0.4 is 4.74 Å². The van der Waals surface area contributed by atoms with Gasteiger partial charge in [-0.25, -0.2) is 9.59 Å². The van der Waals surface area contributed by atoms with Crippen molar-refractivity contribution in [1.29, 1.82) is 0 Å². The number of carboxylic acid groups (broad SMARTS) is 1. The van der Waals surface area contributed by atoms with Gasteiger partial charge in [-0.05, 0) is 46.7 Å². The molecule has 1 N–H and O–H groups in total. The second-order valence-electron chi connectivity index (χ2n) is 8.72. The van der Waals surface area contributed by atoms with Gasteiger partial charge in [0.1, 0.15) is 12.4 Å². The first-order valence-corrected chi connectivity index (χ1v) is 11.5. The third kappa shape index (κ3) is 5.22. The zero-order valence-electron chi connectivity index (χ0n) is 19.4. The van der Waals surface area contributed by atoms with Crippen molar-refractivity contribution < 1.29 is 24.2 Å². The van der Waals surface area contributed by atoms with Gasteiger partial charge in [-0.3, -0.25) is 4.90 Å². The predicted molar refractivity (Wildman–Crippen MR) is 129 cm³/mol. The van der Waals surface area contributed by atoms with E-state index in [0.717, 1.165) is 27.8 Å². The molecule has 1 amide bonds. The maximum absolute atomic E-state index is 13.3. The summed E-state index contributed by atoms with van der Waals surface area (Å²) in [7, 11) is 0. The lowest BCUT2D eigenvalue weighted by molar-refractivity contribution is -0.139. The summed E-state index contributed by atoms with van der Waals surface area (Å²) in [6, 6.07) is 22.9. The molecular weight excluding hydrogens is 430 g/mol. The molecule has 1 atom stereocenters. The summed E-state index contributed by atoms with van der Waals surface area (Å²) in [5.41, 5.74) is 4.90. The Morgan fingerprint density at radius 3 is 2.47 bits per heavy atom. The van der Waals surface area contributed by atoms with Crippen LogP contribution in [0.15, 0.2) is 72.8 Å². The van der Waals surface area contributed by atoms with Crippen LogP contribution in [-0.4, -0.2) is 35.2 Å². The summed E-state index contributed by atoms with van der Waals surface area (Å²) in [5.74, 6) is -0.346. The van der Waals surface area contributed by atoms with E-state index in [1.54, 1.807) is 11.0 Å². The van der Waals surface area contributed by atoms with Gasteiger partial charge in [0, 0.05) is 12.1 Å². The average molecular weight is 460 g/mol. The molecule has 34 heavy (non-hydrogen) atoms. The van der Waals surface area contributed by atoms with Crippen LogP contribution in [0.25, 0.3) is 0 Å². The summed E-state index contributed by atoms with van der Waals surface area (Å²) >= 11 is 0. The maximum atomic E-state index is 13.3. The molecule has 6 heteroatoms. The minimum absolute atomic E-state index is 0.180. The fraction of sp³-hybridized carbons (Fsp3) is 0.286. The average Bonchev–Trinajstić information content (AvgIpc) is 2.85. The summed E-state index contributed by atoms with van der Waals surface area (Å²) in [4.78, 5) is 26.3. The molecule has 1 heterocycles. The van der Waals surface area contributed by atoms with E-state index in [-0.39, 0.29) is 12.5 Å².